The summed E-state index contributed by atoms with van der Waals surface area (Å²) in [4.78, 5) is 29.3. The van der Waals surface area contributed by atoms with E-state index < -0.39 is 6.29 Å². The topological polar surface area (TPSA) is 79.3 Å². The summed E-state index contributed by atoms with van der Waals surface area (Å²) in [6.45, 7) is 3.11. The molecule has 1 fully saturated rings. The molecule has 1 N–H and O–H groups in total. The van der Waals surface area contributed by atoms with Crippen LogP contribution < -0.4 is 0 Å². The minimum Gasteiger partial charge on any atom is -0.392 e. The Morgan fingerprint density at radius 2 is 1.37 bits per heavy atom. The van der Waals surface area contributed by atoms with Crippen molar-refractivity contribution >= 4 is 11.8 Å². The van der Waals surface area contributed by atoms with Crippen LogP contribution in [0, 0.1) is 0 Å². The van der Waals surface area contributed by atoms with Crippen LogP contribution in [0.3, 0.4) is 0 Å². The molecular formula is C36H36N2O5. The van der Waals surface area contributed by atoms with E-state index in [4.69, 9.17) is 9.47 Å². The third kappa shape index (κ3) is 6.17. The highest BCUT2D eigenvalue weighted by Crippen LogP contribution is 2.39. The average Bonchev–Trinajstić information content (AvgIpc) is 3.29. The van der Waals surface area contributed by atoms with E-state index in [9.17, 15) is 14.7 Å². The molecule has 0 spiro atoms. The van der Waals surface area contributed by atoms with E-state index in [1.807, 2.05) is 54.6 Å². The minimum absolute atomic E-state index is 0.00457. The minimum atomic E-state index is -0.588. The number of ether oxygens (including phenoxy) is 2. The van der Waals surface area contributed by atoms with Gasteiger partial charge in [0.2, 0.25) is 0 Å². The van der Waals surface area contributed by atoms with E-state index in [0.29, 0.717) is 17.5 Å². The van der Waals surface area contributed by atoms with Crippen molar-refractivity contribution in [3.05, 3.63) is 142 Å². The SMILES string of the molecule is CC(c1ccccc1)N(C)CC1CC(c2ccc(CO)cc2)OC(c2ccc(CN3C(=O)c4ccccc4C3=O)cc2)O1. The number of benzene rings is 4. The first-order valence-corrected chi connectivity index (χ1v) is 14.7. The van der Waals surface area contributed by atoms with Gasteiger partial charge in [0, 0.05) is 24.6 Å². The molecule has 7 nitrogen and oxygen atoms in total. The van der Waals surface area contributed by atoms with Gasteiger partial charge in [-0.15, -0.1) is 0 Å². The molecule has 0 aromatic heterocycles. The summed E-state index contributed by atoms with van der Waals surface area (Å²) in [5, 5.41) is 9.51. The predicted octanol–water partition coefficient (Wildman–Crippen LogP) is 6.21. The molecule has 1 saturated heterocycles. The van der Waals surface area contributed by atoms with Crippen molar-refractivity contribution in [2.75, 3.05) is 13.6 Å². The first-order chi connectivity index (χ1) is 20.9. The van der Waals surface area contributed by atoms with Gasteiger partial charge >= 0.3 is 0 Å². The zero-order valence-electron chi connectivity index (χ0n) is 24.4. The fourth-order valence-corrected chi connectivity index (χ4v) is 5.84. The highest BCUT2D eigenvalue weighted by Gasteiger charge is 2.36. The Kier molecular flexibility index (Phi) is 8.49. The second-order valence-corrected chi connectivity index (χ2v) is 11.4. The molecule has 0 bridgehead atoms. The van der Waals surface area contributed by atoms with E-state index in [1.165, 1.54) is 10.5 Å². The van der Waals surface area contributed by atoms with Crippen molar-refractivity contribution in [3.63, 3.8) is 0 Å². The zero-order valence-corrected chi connectivity index (χ0v) is 24.4. The summed E-state index contributed by atoms with van der Waals surface area (Å²) < 4.78 is 13.1. The number of nitrogens with zero attached hydrogens (tertiary/aromatic N) is 2. The van der Waals surface area contributed by atoms with Crippen LogP contribution in [0.2, 0.25) is 0 Å². The van der Waals surface area contributed by atoms with Crippen molar-refractivity contribution in [1.29, 1.82) is 0 Å². The Labute approximate surface area is 252 Å². The normalized spacial score (nSPS) is 20.8. The number of rotatable bonds is 9. The molecule has 220 valence electrons. The maximum Gasteiger partial charge on any atom is 0.261 e. The van der Waals surface area contributed by atoms with E-state index in [2.05, 4.69) is 43.1 Å². The molecule has 2 aliphatic rings. The molecular weight excluding hydrogens is 540 g/mol. The first-order valence-electron chi connectivity index (χ1n) is 14.7. The van der Waals surface area contributed by atoms with Gasteiger partial charge in [-0.05, 0) is 48.4 Å². The van der Waals surface area contributed by atoms with E-state index >= 15 is 0 Å². The van der Waals surface area contributed by atoms with E-state index in [0.717, 1.165) is 28.8 Å². The molecule has 4 aromatic carbocycles. The maximum absolute atomic E-state index is 12.8. The van der Waals surface area contributed by atoms with Crippen molar-refractivity contribution in [3.8, 4) is 0 Å². The number of amides is 2. The van der Waals surface area contributed by atoms with Crippen molar-refractivity contribution in [2.24, 2.45) is 0 Å². The summed E-state index contributed by atoms with van der Waals surface area (Å²) in [5.74, 6) is -0.536. The summed E-state index contributed by atoms with van der Waals surface area (Å²) in [6.07, 6.45) is -0.168. The van der Waals surface area contributed by atoms with E-state index in [1.54, 1.807) is 24.3 Å². The standard InChI is InChI=1S/C36H36N2O5/c1-24(27-8-4-3-5-9-27)37(2)22-30-20-33(28-16-14-26(23-39)15-17-28)43-36(42-30)29-18-12-25(13-19-29)21-38-34(40)31-10-6-7-11-32(31)35(38)41/h3-19,24,30,33,36,39H,20-23H2,1-2H3. The molecule has 6 rings (SSSR count). The second-order valence-electron chi connectivity index (χ2n) is 11.4. The average molecular weight is 577 g/mol. The number of fused-ring (bicyclic) bond motifs is 1. The second kappa shape index (κ2) is 12.6. The molecule has 43 heavy (non-hydrogen) atoms. The van der Waals surface area contributed by atoms with Gasteiger partial charge in [-0.25, -0.2) is 0 Å². The predicted molar refractivity (Wildman–Crippen MR) is 163 cm³/mol. The highest BCUT2D eigenvalue weighted by molar-refractivity contribution is 6.21. The van der Waals surface area contributed by atoms with Crippen molar-refractivity contribution in [1.82, 2.24) is 9.80 Å². The largest absolute Gasteiger partial charge is 0.392 e. The highest BCUT2D eigenvalue weighted by atomic mass is 16.7. The lowest BCUT2D eigenvalue weighted by Gasteiger charge is -2.39. The lowest BCUT2D eigenvalue weighted by atomic mass is 9.99. The van der Waals surface area contributed by atoms with Gasteiger partial charge in [0.25, 0.3) is 11.8 Å². The number of carbonyl (C=O) groups is 2. The quantitative estimate of drug-likeness (QED) is 0.239. The summed E-state index contributed by atoms with van der Waals surface area (Å²) in [7, 11) is 2.12. The number of carbonyl (C=O) groups excluding carboxylic acids is 2. The molecule has 4 atom stereocenters. The fourth-order valence-electron chi connectivity index (χ4n) is 5.84. The van der Waals surface area contributed by atoms with Gasteiger partial charge < -0.3 is 14.6 Å². The molecule has 0 radical (unpaired) electrons. The summed E-state index contributed by atoms with van der Waals surface area (Å²) >= 11 is 0. The zero-order chi connectivity index (χ0) is 29.9. The first kappa shape index (κ1) is 29.0. The fraction of sp³-hybridized carbons (Fsp3) is 0.278. The Bertz CT molecular complexity index is 1540. The number of aliphatic hydroxyl groups excluding tert-OH is 1. The monoisotopic (exact) mass is 576 g/mol. The van der Waals surface area contributed by atoms with Gasteiger partial charge in [0.15, 0.2) is 6.29 Å². The van der Waals surface area contributed by atoms with Gasteiger partial charge in [-0.3, -0.25) is 19.4 Å². The molecule has 0 saturated carbocycles. The van der Waals surface area contributed by atoms with Crippen LogP contribution >= 0.6 is 0 Å². The van der Waals surface area contributed by atoms with Crippen LogP contribution in [0.4, 0.5) is 0 Å². The molecule has 0 aliphatic carbocycles. The summed E-state index contributed by atoms with van der Waals surface area (Å²) in [5.41, 5.74) is 5.75. The van der Waals surface area contributed by atoms with Gasteiger partial charge in [-0.2, -0.15) is 0 Å². The lowest BCUT2D eigenvalue weighted by Crippen LogP contribution is -2.38. The Morgan fingerprint density at radius 1 is 0.791 bits per heavy atom. The van der Waals surface area contributed by atoms with Gasteiger partial charge in [0.05, 0.1) is 36.5 Å². The van der Waals surface area contributed by atoms with Crippen molar-refractivity contribution < 1.29 is 24.2 Å². The molecule has 7 heteroatoms. The third-order valence-corrected chi connectivity index (χ3v) is 8.52. The molecule has 2 heterocycles. The Morgan fingerprint density at radius 3 is 2.00 bits per heavy atom. The maximum atomic E-state index is 12.8. The van der Waals surface area contributed by atoms with Crippen LogP contribution in [0.25, 0.3) is 0 Å². The number of likely N-dealkylation sites (N-methyl/N-ethyl adjacent to an activating group) is 1. The van der Waals surface area contributed by atoms with Crippen LogP contribution in [0.1, 0.15) is 80.3 Å². The molecule has 2 aliphatic heterocycles. The molecule has 4 unspecified atom stereocenters. The third-order valence-electron chi connectivity index (χ3n) is 8.52. The van der Waals surface area contributed by atoms with Crippen LogP contribution in [-0.4, -0.2) is 46.4 Å². The van der Waals surface area contributed by atoms with Crippen LogP contribution in [-0.2, 0) is 22.6 Å². The number of aliphatic hydroxyl groups is 1. The van der Waals surface area contributed by atoms with Crippen LogP contribution in [0.5, 0.6) is 0 Å². The Balaban J connectivity index is 1.19. The number of imide groups is 1. The smallest absolute Gasteiger partial charge is 0.261 e. The number of hydrogen-bond donors (Lipinski definition) is 1. The summed E-state index contributed by atoms with van der Waals surface area (Å²) in [6, 6.07) is 33.2. The van der Waals surface area contributed by atoms with Gasteiger partial charge in [0.1, 0.15) is 0 Å². The molecule has 4 aromatic rings. The van der Waals surface area contributed by atoms with Gasteiger partial charge in [-0.1, -0.05) is 91.0 Å². The van der Waals surface area contributed by atoms with Crippen LogP contribution in [0.15, 0.2) is 103 Å². The van der Waals surface area contributed by atoms with E-state index in [-0.39, 0.29) is 43.2 Å². The molecule has 2 amide bonds. The lowest BCUT2D eigenvalue weighted by molar-refractivity contribution is -0.253. The Hall–Kier alpha value is -4.14. The number of hydrogen-bond acceptors (Lipinski definition) is 6. The van der Waals surface area contributed by atoms with Crippen molar-refractivity contribution in [2.45, 2.75) is 51.0 Å².